The van der Waals surface area contributed by atoms with Gasteiger partial charge < -0.3 is 4.90 Å². The quantitative estimate of drug-likeness (QED) is 0.583. The topological polar surface area (TPSA) is 46.4 Å². The molecule has 4 heteroatoms. The molecule has 1 aliphatic rings. The first-order chi connectivity index (χ1) is 8.08. The molecule has 0 N–H and O–H groups in total. The normalized spacial score (nSPS) is 24.7. The minimum atomic E-state index is -0.292. The van der Waals surface area contributed by atoms with Crippen molar-refractivity contribution >= 4 is 11.4 Å². The van der Waals surface area contributed by atoms with Gasteiger partial charge in [0.2, 0.25) is 0 Å². The molecule has 0 unspecified atom stereocenters. The lowest BCUT2D eigenvalue weighted by atomic mass is 9.91. The molecule has 1 fully saturated rings. The molecule has 1 aliphatic heterocycles. The Bertz CT molecular complexity index is 410. The summed E-state index contributed by atoms with van der Waals surface area (Å²) in [6.45, 7) is 6.24. The van der Waals surface area contributed by atoms with E-state index in [9.17, 15) is 10.1 Å². The molecule has 1 aromatic rings. The number of nitro groups is 1. The highest BCUT2D eigenvalue weighted by Gasteiger charge is 2.26. The van der Waals surface area contributed by atoms with Crippen LogP contribution in [0, 0.1) is 22.0 Å². The van der Waals surface area contributed by atoms with Gasteiger partial charge in [0.15, 0.2) is 0 Å². The summed E-state index contributed by atoms with van der Waals surface area (Å²) in [5, 5.41) is 11.0. The molecule has 2 atom stereocenters. The molecule has 0 radical (unpaired) electrons. The van der Waals surface area contributed by atoms with E-state index in [0.717, 1.165) is 18.8 Å². The van der Waals surface area contributed by atoms with E-state index in [1.54, 1.807) is 12.1 Å². The van der Waals surface area contributed by atoms with E-state index in [0.29, 0.717) is 11.8 Å². The summed E-state index contributed by atoms with van der Waals surface area (Å²) >= 11 is 0. The number of anilines is 1. The van der Waals surface area contributed by atoms with Crippen LogP contribution in [-0.2, 0) is 0 Å². The van der Waals surface area contributed by atoms with E-state index in [1.807, 2.05) is 12.1 Å². The number of hydrogen-bond donors (Lipinski definition) is 0. The van der Waals surface area contributed by atoms with E-state index >= 15 is 0 Å². The van der Waals surface area contributed by atoms with Gasteiger partial charge in [-0.15, -0.1) is 0 Å². The number of nitro benzene ring substituents is 1. The molecule has 1 heterocycles. The lowest BCUT2D eigenvalue weighted by molar-refractivity contribution is -0.384. The van der Waals surface area contributed by atoms with Gasteiger partial charge in [0.05, 0.1) is 4.92 Å². The molecule has 0 saturated carbocycles. The van der Waals surface area contributed by atoms with Gasteiger partial charge >= 0.3 is 0 Å². The number of piperidine rings is 1. The van der Waals surface area contributed by atoms with Crippen molar-refractivity contribution in [3.8, 4) is 0 Å². The Balaban J connectivity index is 2.30. The second-order valence-corrected chi connectivity index (χ2v) is 5.10. The standard InChI is InChI=1S/C13H18N2O2/c1-10-7-11(2)9-14(8-10)12-5-3-4-6-13(12)15(16)17/h3-6,10-11H,7-9H2,1-2H3/t10-,11+. The third-order valence-electron chi connectivity index (χ3n) is 3.29. The fourth-order valence-electron chi connectivity index (χ4n) is 2.75. The summed E-state index contributed by atoms with van der Waals surface area (Å²) in [4.78, 5) is 12.9. The van der Waals surface area contributed by atoms with Gasteiger partial charge in [-0.25, -0.2) is 0 Å². The van der Waals surface area contributed by atoms with E-state index in [-0.39, 0.29) is 10.6 Å². The van der Waals surface area contributed by atoms with Gasteiger partial charge in [-0.3, -0.25) is 10.1 Å². The van der Waals surface area contributed by atoms with Gasteiger partial charge in [0.25, 0.3) is 5.69 Å². The zero-order valence-corrected chi connectivity index (χ0v) is 10.3. The summed E-state index contributed by atoms with van der Waals surface area (Å²) < 4.78 is 0. The monoisotopic (exact) mass is 234 g/mol. The van der Waals surface area contributed by atoms with Gasteiger partial charge in [-0.05, 0) is 24.3 Å². The van der Waals surface area contributed by atoms with E-state index in [1.165, 1.54) is 6.42 Å². The average Bonchev–Trinajstić information content (AvgIpc) is 2.27. The predicted molar refractivity (Wildman–Crippen MR) is 68.3 cm³/mol. The highest BCUT2D eigenvalue weighted by molar-refractivity contribution is 5.63. The van der Waals surface area contributed by atoms with Crippen LogP contribution in [0.5, 0.6) is 0 Å². The fraction of sp³-hybridized carbons (Fsp3) is 0.538. The van der Waals surface area contributed by atoms with Crippen LogP contribution in [-0.4, -0.2) is 18.0 Å². The number of benzene rings is 1. The highest BCUT2D eigenvalue weighted by atomic mass is 16.6. The summed E-state index contributed by atoms with van der Waals surface area (Å²) in [5.74, 6) is 1.19. The van der Waals surface area contributed by atoms with Gasteiger partial charge in [-0.1, -0.05) is 26.0 Å². The zero-order chi connectivity index (χ0) is 12.4. The Morgan fingerprint density at radius 3 is 2.41 bits per heavy atom. The van der Waals surface area contributed by atoms with Crippen LogP contribution >= 0.6 is 0 Å². The van der Waals surface area contributed by atoms with Crippen LogP contribution in [0.15, 0.2) is 24.3 Å². The molecule has 0 bridgehead atoms. The van der Waals surface area contributed by atoms with Crippen LogP contribution < -0.4 is 4.90 Å². The highest BCUT2D eigenvalue weighted by Crippen LogP contribution is 2.32. The Kier molecular flexibility index (Phi) is 3.31. The maximum atomic E-state index is 11.0. The van der Waals surface area contributed by atoms with Crippen molar-refractivity contribution in [2.75, 3.05) is 18.0 Å². The first-order valence-corrected chi connectivity index (χ1v) is 6.06. The maximum Gasteiger partial charge on any atom is 0.292 e. The van der Waals surface area contributed by atoms with Crippen LogP contribution in [0.2, 0.25) is 0 Å². The second-order valence-electron chi connectivity index (χ2n) is 5.10. The summed E-state index contributed by atoms with van der Waals surface area (Å²) in [5.41, 5.74) is 0.977. The van der Waals surface area contributed by atoms with Crippen LogP contribution in [0.1, 0.15) is 20.3 Å². The van der Waals surface area contributed by atoms with Crippen molar-refractivity contribution in [1.82, 2.24) is 0 Å². The molecule has 0 amide bonds. The Hall–Kier alpha value is -1.58. The first kappa shape index (κ1) is 11.9. The third kappa shape index (κ3) is 2.57. The van der Waals surface area contributed by atoms with Gasteiger partial charge in [0.1, 0.15) is 5.69 Å². The number of nitrogens with zero attached hydrogens (tertiary/aromatic N) is 2. The largest absolute Gasteiger partial charge is 0.365 e. The molecule has 1 aromatic carbocycles. The SMILES string of the molecule is C[C@@H]1C[C@H](C)CN(c2ccccc2[N+](=O)[O-])C1. The molecular weight excluding hydrogens is 216 g/mol. The Morgan fingerprint density at radius 2 is 1.82 bits per heavy atom. The van der Waals surface area contributed by atoms with Crippen LogP contribution in [0.4, 0.5) is 11.4 Å². The smallest absolute Gasteiger partial charge is 0.292 e. The minimum absolute atomic E-state index is 0.216. The minimum Gasteiger partial charge on any atom is -0.365 e. The summed E-state index contributed by atoms with van der Waals surface area (Å²) in [6.07, 6.45) is 1.21. The van der Waals surface area contributed by atoms with E-state index < -0.39 is 0 Å². The fourth-order valence-corrected chi connectivity index (χ4v) is 2.75. The van der Waals surface area contributed by atoms with Crippen molar-refractivity contribution in [3.05, 3.63) is 34.4 Å². The summed E-state index contributed by atoms with van der Waals surface area (Å²) in [7, 11) is 0. The van der Waals surface area contributed by atoms with Crippen molar-refractivity contribution in [1.29, 1.82) is 0 Å². The maximum absolute atomic E-state index is 11.0. The molecule has 0 aromatic heterocycles. The zero-order valence-electron chi connectivity index (χ0n) is 10.3. The summed E-state index contributed by atoms with van der Waals surface area (Å²) in [6, 6.07) is 7.02. The molecule has 0 spiro atoms. The number of hydrogen-bond acceptors (Lipinski definition) is 3. The van der Waals surface area contributed by atoms with Crippen LogP contribution in [0.3, 0.4) is 0 Å². The van der Waals surface area contributed by atoms with E-state index in [4.69, 9.17) is 0 Å². The van der Waals surface area contributed by atoms with Crippen molar-refractivity contribution < 1.29 is 4.92 Å². The first-order valence-electron chi connectivity index (χ1n) is 6.06. The molecule has 1 saturated heterocycles. The number of rotatable bonds is 2. The molecule has 4 nitrogen and oxygen atoms in total. The Morgan fingerprint density at radius 1 is 1.24 bits per heavy atom. The molecule has 17 heavy (non-hydrogen) atoms. The van der Waals surface area contributed by atoms with Crippen molar-refractivity contribution in [2.45, 2.75) is 20.3 Å². The molecule has 0 aliphatic carbocycles. The second kappa shape index (κ2) is 4.73. The van der Waals surface area contributed by atoms with Crippen molar-refractivity contribution in [3.63, 3.8) is 0 Å². The Labute approximate surface area is 101 Å². The molecule has 92 valence electrons. The average molecular weight is 234 g/mol. The van der Waals surface area contributed by atoms with Gasteiger partial charge in [-0.2, -0.15) is 0 Å². The molecular formula is C13H18N2O2. The molecule has 2 rings (SSSR count). The van der Waals surface area contributed by atoms with Crippen LogP contribution in [0.25, 0.3) is 0 Å². The predicted octanol–water partition coefficient (Wildman–Crippen LogP) is 3.08. The van der Waals surface area contributed by atoms with Gasteiger partial charge in [0, 0.05) is 19.2 Å². The lowest BCUT2D eigenvalue weighted by Gasteiger charge is -2.36. The lowest BCUT2D eigenvalue weighted by Crippen LogP contribution is -2.38. The third-order valence-corrected chi connectivity index (χ3v) is 3.29. The van der Waals surface area contributed by atoms with E-state index in [2.05, 4.69) is 18.7 Å². The number of para-hydroxylation sites is 2. The van der Waals surface area contributed by atoms with Crippen molar-refractivity contribution in [2.24, 2.45) is 11.8 Å².